The molecule has 0 fully saturated rings. The van der Waals surface area contributed by atoms with E-state index >= 15 is 0 Å². The molecule has 1 aromatic carbocycles. The summed E-state index contributed by atoms with van der Waals surface area (Å²) in [7, 11) is 3.38. The average Bonchev–Trinajstić information content (AvgIpc) is 2.94. The molecule has 10 heteroatoms. The maximum atomic E-state index is 12.4. The van der Waals surface area contributed by atoms with Gasteiger partial charge in [-0.1, -0.05) is 18.2 Å². The van der Waals surface area contributed by atoms with Gasteiger partial charge in [-0.2, -0.15) is 5.10 Å². The Kier molecular flexibility index (Phi) is 7.91. The van der Waals surface area contributed by atoms with E-state index in [1.807, 2.05) is 0 Å². The van der Waals surface area contributed by atoms with Crippen LogP contribution in [0.15, 0.2) is 36.7 Å². The summed E-state index contributed by atoms with van der Waals surface area (Å²) in [5.41, 5.74) is 1.06. The number of hydrogen-bond acceptors (Lipinski definition) is 4. The first kappa shape index (κ1) is 21.8. The number of aryl methyl sites for hydroxylation is 1. The largest absolute Gasteiger partial charge is 0.573 e. The number of carbonyl (C=O) groups excluding carboxylic acids is 1. The third kappa shape index (κ3) is 6.23. The van der Waals surface area contributed by atoms with E-state index in [0.717, 1.165) is 0 Å². The lowest BCUT2D eigenvalue weighted by Crippen LogP contribution is -2.36. The van der Waals surface area contributed by atoms with Gasteiger partial charge in [-0.3, -0.25) is 9.48 Å². The van der Waals surface area contributed by atoms with E-state index in [1.54, 1.807) is 37.2 Å². The number of hydrogen-bond donors (Lipinski definition) is 2. The quantitative estimate of drug-likeness (QED) is 0.759. The van der Waals surface area contributed by atoms with Crippen LogP contribution in [0, 0.1) is 0 Å². The number of para-hydroxylation sites is 1. The minimum absolute atomic E-state index is 0. The van der Waals surface area contributed by atoms with Gasteiger partial charge in [-0.25, -0.2) is 0 Å². The molecule has 0 saturated carbocycles. The van der Waals surface area contributed by atoms with Crippen molar-refractivity contribution in [2.75, 3.05) is 13.6 Å². The van der Waals surface area contributed by atoms with Crippen molar-refractivity contribution in [2.45, 2.75) is 18.8 Å². The average molecular weight is 393 g/mol. The van der Waals surface area contributed by atoms with Crippen molar-refractivity contribution >= 4 is 18.3 Å². The van der Waals surface area contributed by atoms with Crippen LogP contribution >= 0.6 is 12.4 Å². The normalized spacial score (nSPS) is 12.2. The fourth-order valence-electron chi connectivity index (χ4n) is 2.40. The molecule has 2 N–H and O–H groups in total. The highest BCUT2D eigenvalue weighted by Gasteiger charge is 2.31. The first-order chi connectivity index (χ1) is 11.8. The van der Waals surface area contributed by atoms with E-state index in [0.29, 0.717) is 11.1 Å². The van der Waals surface area contributed by atoms with Crippen LogP contribution < -0.4 is 15.4 Å². The summed E-state index contributed by atoms with van der Waals surface area (Å²) in [5, 5.41) is 9.60. The van der Waals surface area contributed by atoms with E-state index in [4.69, 9.17) is 0 Å². The first-order valence-electron chi connectivity index (χ1n) is 7.57. The molecule has 0 saturated heterocycles. The summed E-state index contributed by atoms with van der Waals surface area (Å²) in [6.45, 7) is 0.176. The predicted octanol–water partition coefficient (Wildman–Crippen LogP) is 2.36. The molecule has 0 aliphatic carbocycles. The Labute approximate surface area is 155 Å². The van der Waals surface area contributed by atoms with Crippen molar-refractivity contribution in [2.24, 2.45) is 7.05 Å². The second-order valence-electron chi connectivity index (χ2n) is 5.37. The Morgan fingerprint density at radius 3 is 2.62 bits per heavy atom. The Morgan fingerprint density at radius 2 is 2.04 bits per heavy atom. The molecule has 144 valence electrons. The molecule has 0 aliphatic heterocycles. The maximum absolute atomic E-state index is 12.4. The summed E-state index contributed by atoms with van der Waals surface area (Å²) < 4.78 is 42.8. The standard InChI is InChI=1S/C16H19F3N4O2.ClH/c1-20-14(12-9-22-23(2)10-12)15(24)21-8-7-11-5-3-4-6-13(11)25-16(17,18)19;/h3-6,9-10,14,20H,7-8H2,1-2H3,(H,21,24);1H. The number of amides is 1. The maximum Gasteiger partial charge on any atom is 0.573 e. The van der Waals surface area contributed by atoms with Gasteiger partial charge < -0.3 is 15.4 Å². The highest BCUT2D eigenvalue weighted by molar-refractivity contribution is 5.85. The smallest absolute Gasteiger partial charge is 0.406 e. The molecule has 6 nitrogen and oxygen atoms in total. The fourth-order valence-corrected chi connectivity index (χ4v) is 2.40. The molecular formula is C16H20ClF3N4O2. The topological polar surface area (TPSA) is 68.2 Å². The third-order valence-electron chi connectivity index (χ3n) is 3.50. The highest BCUT2D eigenvalue weighted by Crippen LogP contribution is 2.26. The van der Waals surface area contributed by atoms with Crippen LogP contribution in [0.4, 0.5) is 13.2 Å². The number of nitrogens with one attached hydrogen (secondary N) is 2. The zero-order valence-electron chi connectivity index (χ0n) is 14.2. The van der Waals surface area contributed by atoms with Gasteiger partial charge in [-0.05, 0) is 25.1 Å². The van der Waals surface area contributed by atoms with Crippen LogP contribution in [-0.2, 0) is 18.3 Å². The molecule has 26 heavy (non-hydrogen) atoms. The number of halogens is 4. The number of alkyl halides is 3. The second kappa shape index (κ2) is 9.44. The van der Waals surface area contributed by atoms with Crippen LogP contribution in [0.1, 0.15) is 17.2 Å². The summed E-state index contributed by atoms with van der Waals surface area (Å²) >= 11 is 0. The number of rotatable bonds is 7. The van der Waals surface area contributed by atoms with Crippen molar-refractivity contribution in [3.8, 4) is 5.75 Å². The number of nitrogens with zero attached hydrogens (tertiary/aromatic N) is 2. The Balaban J connectivity index is 0.00000338. The van der Waals surface area contributed by atoms with Crippen molar-refractivity contribution in [1.29, 1.82) is 0 Å². The summed E-state index contributed by atoms with van der Waals surface area (Å²) in [6, 6.07) is 5.27. The lowest BCUT2D eigenvalue weighted by Gasteiger charge is -2.16. The molecule has 1 aromatic heterocycles. The van der Waals surface area contributed by atoms with Gasteiger partial charge in [0.25, 0.3) is 0 Å². The van der Waals surface area contributed by atoms with Gasteiger partial charge in [0.2, 0.25) is 5.91 Å². The molecule has 2 rings (SSSR count). The van der Waals surface area contributed by atoms with Crippen molar-refractivity contribution in [3.63, 3.8) is 0 Å². The van der Waals surface area contributed by atoms with E-state index in [1.165, 1.54) is 18.2 Å². The summed E-state index contributed by atoms with van der Waals surface area (Å²) in [4.78, 5) is 12.3. The molecule has 1 amide bonds. The Hall–Kier alpha value is -2.26. The van der Waals surface area contributed by atoms with Crippen molar-refractivity contribution in [1.82, 2.24) is 20.4 Å². The Morgan fingerprint density at radius 1 is 1.35 bits per heavy atom. The monoisotopic (exact) mass is 392 g/mol. The molecule has 2 aromatic rings. The SMILES string of the molecule is CNC(C(=O)NCCc1ccccc1OC(F)(F)F)c1cnn(C)c1.Cl. The van der Waals surface area contributed by atoms with Gasteiger partial charge in [0.1, 0.15) is 11.8 Å². The van der Waals surface area contributed by atoms with Crippen LogP contribution in [0.2, 0.25) is 0 Å². The van der Waals surface area contributed by atoms with Gasteiger partial charge in [-0.15, -0.1) is 25.6 Å². The van der Waals surface area contributed by atoms with Gasteiger partial charge in [0, 0.05) is 25.4 Å². The van der Waals surface area contributed by atoms with Crippen molar-refractivity contribution in [3.05, 3.63) is 47.8 Å². The zero-order valence-corrected chi connectivity index (χ0v) is 15.0. The van der Waals surface area contributed by atoms with Gasteiger partial charge >= 0.3 is 6.36 Å². The number of ether oxygens (including phenoxy) is 1. The first-order valence-corrected chi connectivity index (χ1v) is 7.57. The molecule has 0 radical (unpaired) electrons. The lowest BCUT2D eigenvalue weighted by atomic mass is 10.1. The van der Waals surface area contributed by atoms with Crippen LogP contribution in [-0.4, -0.2) is 35.6 Å². The molecule has 1 heterocycles. The lowest BCUT2D eigenvalue weighted by molar-refractivity contribution is -0.274. The van der Waals surface area contributed by atoms with Gasteiger partial charge in [0.15, 0.2) is 0 Å². The number of benzene rings is 1. The van der Waals surface area contributed by atoms with E-state index in [9.17, 15) is 18.0 Å². The van der Waals surface area contributed by atoms with Crippen LogP contribution in [0.5, 0.6) is 5.75 Å². The van der Waals surface area contributed by atoms with E-state index in [2.05, 4.69) is 20.5 Å². The van der Waals surface area contributed by atoms with Crippen LogP contribution in [0.25, 0.3) is 0 Å². The number of carbonyl (C=O) groups is 1. The minimum Gasteiger partial charge on any atom is -0.406 e. The number of likely N-dealkylation sites (N-methyl/N-ethyl adjacent to an activating group) is 1. The fraction of sp³-hybridized carbons (Fsp3) is 0.375. The Bertz CT molecular complexity index is 722. The third-order valence-corrected chi connectivity index (χ3v) is 3.50. The van der Waals surface area contributed by atoms with Crippen LogP contribution in [0.3, 0.4) is 0 Å². The molecule has 0 aliphatic rings. The number of aromatic nitrogens is 2. The molecular weight excluding hydrogens is 373 g/mol. The molecule has 1 atom stereocenters. The second-order valence-corrected chi connectivity index (χ2v) is 5.37. The van der Waals surface area contributed by atoms with Gasteiger partial charge in [0.05, 0.1) is 6.20 Å². The zero-order chi connectivity index (χ0) is 18.4. The highest BCUT2D eigenvalue weighted by atomic mass is 35.5. The predicted molar refractivity (Wildman–Crippen MR) is 92.1 cm³/mol. The molecule has 1 unspecified atom stereocenters. The van der Waals surface area contributed by atoms with E-state index in [-0.39, 0.29) is 37.0 Å². The van der Waals surface area contributed by atoms with Crippen molar-refractivity contribution < 1.29 is 22.7 Å². The molecule has 0 spiro atoms. The minimum atomic E-state index is -4.75. The summed E-state index contributed by atoms with van der Waals surface area (Å²) in [6.07, 6.45) is -1.25. The summed E-state index contributed by atoms with van der Waals surface area (Å²) in [5.74, 6) is -0.550. The van der Waals surface area contributed by atoms with E-state index < -0.39 is 12.4 Å². The molecule has 0 bridgehead atoms.